The molecule has 4 nitrogen and oxygen atoms in total. The molecule has 0 spiro atoms. The molecule has 0 radical (unpaired) electrons. The Balaban J connectivity index is 2.49. The van der Waals surface area contributed by atoms with Gasteiger partial charge < -0.3 is 4.89 Å². The summed E-state index contributed by atoms with van der Waals surface area (Å²) in [6, 6.07) is 8.94. The van der Waals surface area contributed by atoms with E-state index in [1.807, 2.05) is 6.07 Å². The maximum Gasteiger partial charge on any atom is 0.489 e. The second-order valence-electron chi connectivity index (χ2n) is 2.30. The molecule has 0 bridgehead atoms. The lowest BCUT2D eigenvalue weighted by Crippen LogP contribution is -1.90. The zero-order valence-corrected chi connectivity index (χ0v) is 8.24. The van der Waals surface area contributed by atoms with Crippen molar-refractivity contribution in [1.82, 2.24) is 0 Å². The zero-order valence-electron chi connectivity index (χ0n) is 6.59. The highest BCUT2D eigenvalue weighted by molar-refractivity contribution is 7.48. The third kappa shape index (κ3) is 3.89. The lowest BCUT2D eigenvalue weighted by molar-refractivity contribution is 0.200. The number of halogens is 1. The summed E-state index contributed by atoms with van der Waals surface area (Å²) in [5.41, 5.74) is 0.769. The minimum absolute atomic E-state index is 0.0126. The molecule has 13 heavy (non-hydrogen) atoms. The van der Waals surface area contributed by atoms with Crippen molar-refractivity contribution in [3.05, 3.63) is 35.9 Å². The van der Waals surface area contributed by atoms with Gasteiger partial charge in [0.05, 0.1) is 18.5 Å². The highest BCUT2D eigenvalue weighted by atomic mass is 35.5. The fraction of sp³-hybridized carbons (Fsp3) is 0.143. The summed E-state index contributed by atoms with van der Waals surface area (Å²) in [5, 5.41) is 0. The van der Waals surface area contributed by atoms with Gasteiger partial charge in [-0.3, -0.25) is 4.52 Å². The summed E-state index contributed by atoms with van der Waals surface area (Å²) in [4.78, 5) is 8.76. The molecule has 0 amide bonds. The van der Waals surface area contributed by atoms with E-state index in [1.165, 1.54) is 0 Å². The lowest BCUT2D eigenvalue weighted by atomic mass is 10.2. The van der Waals surface area contributed by atoms with Crippen LogP contribution in [0, 0.1) is 0 Å². The van der Waals surface area contributed by atoms with E-state index in [4.69, 9.17) is 16.8 Å². The van der Waals surface area contributed by atoms with Crippen LogP contribution >= 0.6 is 19.7 Å². The van der Waals surface area contributed by atoms with Crippen molar-refractivity contribution in [1.29, 1.82) is 0 Å². The maximum atomic E-state index is 10.7. The molecule has 0 heterocycles. The van der Waals surface area contributed by atoms with E-state index in [1.54, 1.807) is 24.3 Å². The summed E-state index contributed by atoms with van der Waals surface area (Å²) >= 11 is 4.72. The molecule has 1 N–H and O–H groups in total. The summed E-state index contributed by atoms with van der Waals surface area (Å²) < 4.78 is 19.0. The van der Waals surface area contributed by atoms with E-state index in [-0.39, 0.29) is 6.61 Å². The molecule has 0 fully saturated rings. The van der Waals surface area contributed by atoms with E-state index >= 15 is 0 Å². The van der Waals surface area contributed by atoms with Crippen molar-refractivity contribution >= 4 is 19.7 Å². The molecule has 0 aliphatic carbocycles. The Morgan fingerprint density at radius 2 is 2.00 bits per heavy atom. The molecule has 0 aromatic heterocycles. The summed E-state index contributed by atoms with van der Waals surface area (Å²) in [6.07, 6.45) is 0. The quantitative estimate of drug-likeness (QED) is 0.795. The molecule has 1 aromatic rings. The lowest BCUT2D eigenvalue weighted by Gasteiger charge is -2.06. The number of phosphoric acid groups is 1. The standard InChI is InChI=1S/C7H8ClO4P/c8-12-13(9,10)11-6-7-4-2-1-3-5-7/h1-5H,6H2,(H,9,10). The van der Waals surface area contributed by atoms with E-state index in [9.17, 15) is 4.57 Å². The van der Waals surface area contributed by atoms with Gasteiger partial charge in [-0.2, -0.15) is 4.08 Å². The van der Waals surface area contributed by atoms with Gasteiger partial charge in [0, 0.05) is 0 Å². The molecular formula is C7H8ClO4P. The Labute approximate surface area is 80.8 Å². The van der Waals surface area contributed by atoms with Crippen molar-refractivity contribution in [3.63, 3.8) is 0 Å². The molecule has 1 aromatic carbocycles. The van der Waals surface area contributed by atoms with Crippen LogP contribution in [-0.2, 0) is 19.8 Å². The Morgan fingerprint density at radius 3 is 2.54 bits per heavy atom. The van der Waals surface area contributed by atoms with Crippen LogP contribution in [0.5, 0.6) is 0 Å². The number of rotatable bonds is 4. The third-order valence-corrected chi connectivity index (χ3v) is 2.48. The van der Waals surface area contributed by atoms with Crippen molar-refractivity contribution in [3.8, 4) is 0 Å². The first-order valence-corrected chi connectivity index (χ1v) is 5.26. The first-order valence-electron chi connectivity index (χ1n) is 3.45. The molecule has 0 saturated heterocycles. The molecule has 0 saturated carbocycles. The largest absolute Gasteiger partial charge is 0.489 e. The van der Waals surface area contributed by atoms with Crippen molar-refractivity contribution in [2.75, 3.05) is 0 Å². The smallest absolute Gasteiger partial charge is 0.302 e. The van der Waals surface area contributed by atoms with Gasteiger partial charge in [0.1, 0.15) is 0 Å². The average Bonchev–Trinajstić information content (AvgIpc) is 2.17. The summed E-state index contributed by atoms with van der Waals surface area (Å²) in [7, 11) is -4.07. The summed E-state index contributed by atoms with van der Waals surface area (Å²) in [5.74, 6) is 0. The highest BCUT2D eigenvalue weighted by Gasteiger charge is 2.19. The van der Waals surface area contributed by atoms with Crippen molar-refractivity contribution in [2.45, 2.75) is 6.61 Å². The Kier molecular flexibility index (Phi) is 3.90. The summed E-state index contributed by atoms with van der Waals surface area (Å²) in [6.45, 7) is -0.0126. The van der Waals surface area contributed by atoms with Gasteiger partial charge in [-0.25, -0.2) is 4.57 Å². The van der Waals surface area contributed by atoms with Gasteiger partial charge in [0.2, 0.25) is 0 Å². The van der Waals surface area contributed by atoms with Gasteiger partial charge in [-0.05, 0) is 5.56 Å². The number of benzene rings is 1. The van der Waals surface area contributed by atoms with E-state index in [2.05, 4.69) is 8.60 Å². The zero-order chi connectivity index (χ0) is 9.73. The van der Waals surface area contributed by atoms with Crippen LogP contribution in [0.3, 0.4) is 0 Å². The molecule has 0 aliphatic heterocycles. The number of hydrogen-bond acceptors (Lipinski definition) is 3. The van der Waals surface area contributed by atoms with Crippen LogP contribution in [0.25, 0.3) is 0 Å². The van der Waals surface area contributed by atoms with Crippen LogP contribution in [0.2, 0.25) is 0 Å². The normalized spacial score (nSPS) is 15.2. The fourth-order valence-electron chi connectivity index (χ4n) is 0.750. The second-order valence-corrected chi connectivity index (χ2v) is 4.04. The number of phosphoric ester groups is 1. The predicted molar refractivity (Wildman–Crippen MR) is 48.0 cm³/mol. The molecule has 6 heteroatoms. The highest BCUT2D eigenvalue weighted by Crippen LogP contribution is 2.45. The molecule has 1 unspecified atom stereocenters. The predicted octanol–water partition coefficient (Wildman–Crippen LogP) is 2.47. The Hall–Kier alpha value is -0.380. The monoisotopic (exact) mass is 222 g/mol. The minimum Gasteiger partial charge on any atom is -0.302 e. The van der Waals surface area contributed by atoms with Gasteiger partial charge in [-0.15, -0.1) is 0 Å². The average molecular weight is 223 g/mol. The van der Waals surface area contributed by atoms with Crippen LogP contribution in [0.4, 0.5) is 0 Å². The number of hydrogen-bond donors (Lipinski definition) is 1. The molecule has 0 aliphatic rings. The van der Waals surface area contributed by atoms with Gasteiger partial charge in [0.15, 0.2) is 0 Å². The Bertz CT molecular complexity index is 303. The van der Waals surface area contributed by atoms with Gasteiger partial charge in [-0.1, -0.05) is 30.3 Å². The third-order valence-electron chi connectivity index (χ3n) is 1.32. The van der Waals surface area contributed by atoms with Crippen LogP contribution in [-0.4, -0.2) is 4.89 Å². The molecular weight excluding hydrogens is 214 g/mol. The first-order chi connectivity index (χ1) is 6.14. The van der Waals surface area contributed by atoms with E-state index in [0.29, 0.717) is 0 Å². The topological polar surface area (TPSA) is 55.8 Å². The van der Waals surface area contributed by atoms with Crippen LogP contribution in [0.15, 0.2) is 30.3 Å². The molecule has 1 atom stereocenters. The van der Waals surface area contributed by atoms with E-state index in [0.717, 1.165) is 5.56 Å². The van der Waals surface area contributed by atoms with Crippen LogP contribution < -0.4 is 0 Å². The van der Waals surface area contributed by atoms with Gasteiger partial charge >= 0.3 is 7.82 Å². The van der Waals surface area contributed by atoms with Crippen LogP contribution in [0.1, 0.15) is 5.56 Å². The Morgan fingerprint density at radius 1 is 1.38 bits per heavy atom. The second kappa shape index (κ2) is 4.74. The molecule has 72 valence electrons. The SMILES string of the molecule is O=P(O)(OCl)OCc1ccccc1. The first kappa shape index (κ1) is 10.7. The van der Waals surface area contributed by atoms with E-state index < -0.39 is 7.82 Å². The molecule has 1 rings (SSSR count). The maximum absolute atomic E-state index is 10.7. The fourth-order valence-corrected chi connectivity index (χ4v) is 1.22. The van der Waals surface area contributed by atoms with Gasteiger partial charge in [0.25, 0.3) is 0 Å². The van der Waals surface area contributed by atoms with Crippen molar-refractivity contribution < 1.29 is 18.1 Å². The van der Waals surface area contributed by atoms with Crippen molar-refractivity contribution in [2.24, 2.45) is 0 Å². The minimum atomic E-state index is -4.07.